The second-order valence-electron chi connectivity index (χ2n) is 5.55. The van der Waals surface area contributed by atoms with Gasteiger partial charge >= 0.3 is 11.9 Å². The van der Waals surface area contributed by atoms with E-state index in [1.165, 1.54) is 13.0 Å². The Kier molecular flexibility index (Phi) is 5.62. The largest absolute Gasteiger partial charge is 0.481 e. The van der Waals surface area contributed by atoms with E-state index in [1.807, 2.05) is 6.07 Å². The maximum absolute atomic E-state index is 12.0. The predicted molar refractivity (Wildman–Crippen MR) is 92.5 cm³/mol. The molecular formula is C18H18O5S. The smallest absolute Gasteiger partial charge is 0.314 e. The standard InChI is InChI=1S/C18H18O5S/c1-12(19)24-11-10-18(17(22)23)9-5-8-14(15(18)16(20)21)13-6-3-2-4-7-13/h2-9,15H,10-11H2,1H3,(H,20,21)(H,22,23). The third kappa shape index (κ3) is 3.59. The monoisotopic (exact) mass is 346 g/mol. The molecule has 5 nitrogen and oxygen atoms in total. The molecular weight excluding hydrogens is 328 g/mol. The topological polar surface area (TPSA) is 91.7 Å². The predicted octanol–water partition coefficient (Wildman–Crippen LogP) is 3.08. The SMILES string of the molecule is CC(=O)SCCC1(C(=O)O)C=CC=C(c2ccccc2)C1C(=O)O. The van der Waals surface area contributed by atoms with E-state index in [0.717, 1.165) is 11.8 Å². The Labute approximate surface area is 144 Å². The van der Waals surface area contributed by atoms with E-state index >= 15 is 0 Å². The number of hydrogen-bond donors (Lipinski definition) is 2. The molecule has 24 heavy (non-hydrogen) atoms. The molecule has 126 valence electrons. The maximum atomic E-state index is 12.0. The number of carbonyl (C=O) groups excluding carboxylic acids is 1. The van der Waals surface area contributed by atoms with E-state index in [4.69, 9.17) is 0 Å². The summed E-state index contributed by atoms with van der Waals surface area (Å²) < 4.78 is 0. The zero-order valence-corrected chi connectivity index (χ0v) is 14.0. The molecule has 1 aliphatic rings. The van der Waals surface area contributed by atoms with Gasteiger partial charge < -0.3 is 10.2 Å². The van der Waals surface area contributed by atoms with Gasteiger partial charge in [-0.15, -0.1) is 0 Å². The molecule has 0 amide bonds. The van der Waals surface area contributed by atoms with Gasteiger partial charge in [0.25, 0.3) is 0 Å². The molecule has 0 fully saturated rings. The number of carbonyl (C=O) groups is 3. The summed E-state index contributed by atoms with van der Waals surface area (Å²) in [6, 6.07) is 8.89. The van der Waals surface area contributed by atoms with Crippen molar-refractivity contribution in [1.29, 1.82) is 0 Å². The molecule has 2 atom stereocenters. The Morgan fingerprint density at radius 1 is 1.17 bits per heavy atom. The number of rotatable bonds is 6. The first kappa shape index (κ1) is 18.0. The lowest BCUT2D eigenvalue weighted by molar-refractivity contribution is -0.156. The van der Waals surface area contributed by atoms with Gasteiger partial charge in [-0.3, -0.25) is 14.4 Å². The third-order valence-electron chi connectivity index (χ3n) is 4.07. The van der Waals surface area contributed by atoms with E-state index in [1.54, 1.807) is 36.4 Å². The molecule has 1 aliphatic carbocycles. The summed E-state index contributed by atoms with van der Waals surface area (Å²) in [6.45, 7) is 1.40. The van der Waals surface area contributed by atoms with Crippen LogP contribution in [0.25, 0.3) is 5.57 Å². The fraction of sp³-hybridized carbons (Fsp3) is 0.278. The first-order valence-corrected chi connectivity index (χ1v) is 8.41. The first-order valence-electron chi connectivity index (χ1n) is 7.43. The van der Waals surface area contributed by atoms with E-state index < -0.39 is 23.3 Å². The van der Waals surface area contributed by atoms with Crippen LogP contribution in [0.2, 0.25) is 0 Å². The molecule has 0 heterocycles. The van der Waals surface area contributed by atoms with Gasteiger partial charge in [-0.25, -0.2) is 0 Å². The van der Waals surface area contributed by atoms with Crippen molar-refractivity contribution in [3.8, 4) is 0 Å². The second kappa shape index (κ2) is 7.49. The summed E-state index contributed by atoms with van der Waals surface area (Å²) in [6.07, 6.45) is 4.73. The zero-order chi connectivity index (χ0) is 17.7. The fourth-order valence-electron chi connectivity index (χ4n) is 2.93. The van der Waals surface area contributed by atoms with Crippen LogP contribution in [0.1, 0.15) is 18.9 Å². The van der Waals surface area contributed by atoms with E-state index in [9.17, 15) is 24.6 Å². The van der Waals surface area contributed by atoms with Gasteiger partial charge in [0.15, 0.2) is 5.12 Å². The lowest BCUT2D eigenvalue weighted by Gasteiger charge is -2.35. The molecule has 2 unspecified atom stereocenters. The van der Waals surface area contributed by atoms with Crippen LogP contribution in [-0.2, 0) is 14.4 Å². The molecule has 0 saturated carbocycles. The Hall–Kier alpha value is -2.34. The average Bonchev–Trinajstić information content (AvgIpc) is 2.54. The van der Waals surface area contributed by atoms with Crippen molar-refractivity contribution in [1.82, 2.24) is 0 Å². The van der Waals surface area contributed by atoms with Crippen molar-refractivity contribution in [3.05, 3.63) is 54.1 Å². The van der Waals surface area contributed by atoms with E-state index in [0.29, 0.717) is 11.1 Å². The van der Waals surface area contributed by atoms with Gasteiger partial charge in [0.2, 0.25) is 0 Å². The number of hydrogen-bond acceptors (Lipinski definition) is 4. The highest BCUT2D eigenvalue weighted by Gasteiger charge is 2.50. The fourth-order valence-corrected chi connectivity index (χ4v) is 3.66. The average molecular weight is 346 g/mol. The highest BCUT2D eigenvalue weighted by atomic mass is 32.2. The minimum Gasteiger partial charge on any atom is -0.481 e. The number of allylic oxidation sites excluding steroid dienone is 2. The number of thioether (sulfide) groups is 1. The Balaban J connectivity index is 2.45. The molecule has 0 saturated heterocycles. The van der Waals surface area contributed by atoms with Crippen LogP contribution in [0, 0.1) is 11.3 Å². The van der Waals surface area contributed by atoms with Gasteiger partial charge in [-0.1, -0.05) is 60.3 Å². The summed E-state index contributed by atoms with van der Waals surface area (Å²) in [7, 11) is 0. The van der Waals surface area contributed by atoms with Crippen molar-refractivity contribution in [2.75, 3.05) is 5.75 Å². The second-order valence-corrected chi connectivity index (χ2v) is 6.83. The van der Waals surface area contributed by atoms with Crippen molar-refractivity contribution in [2.45, 2.75) is 13.3 Å². The van der Waals surface area contributed by atoms with Crippen LogP contribution in [-0.4, -0.2) is 33.0 Å². The van der Waals surface area contributed by atoms with Crippen LogP contribution >= 0.6 is 11.8 Å². The lowest BCUT2D eigenvalue weighted by Crippen LogP contribution is -2.43. The van der Waals surface area contributed by atoms with Gasteiger partial charge in [0, 0.05) is 12.7 Å². The first-order chi connectivity index (χ1) is 11.4. The molecule has 1 aromatic rings. The highest BCUT2D eigenvalue weighted by molar-refractivity contribution is 8.13. The number of benzene rings is 1. The maximum Gasteiger partial charge on any atom is 0.314 e. The lowest BCUT2D eigenvalue weighted by atomic mass is 9.66. The van der Waals surface area contributed by atoms with Crippen LogP contribution in [0.3, 0.4) is 0 Å². The van der Waals surface area contributed by atoms with Crippen molar-refractivity contribution < 1.29 is 24.6 Å². The summed E-state index contributed by atoms with van der Waals surface area (Å²) >= 11 is 1.00. The molecule has 0 bridgehead atoms. The normalized spacial score (nSPS) is 22.7. The molecule has 1 aromatic carbocycles. The molecule has 2 rings (SSSR count). The Morgan fingerprint density at radius 2 is 1.83 bits per heavy atom. The van der Waals surface area contributed by atoms with Gasteiger partial charge in [-0.2, -0.15) is 0 Å². The number of aliphatic carboxylic acids is 2. The van der Waals surface area contributed by atoms with Crippen molar-refractivity contribution >= 4 is 34.4 Å². The molecule has 0 radical (unpaired) electrons. The third-order valence-corrected chi connectivity index (χ3v) is 4.88. The Bertz CT molecular complexity index is 707. The molecule has 6 heteroatoms. The molecule has 0 aromatic heterocycles. The van der Waals surface area contributed by atoms with Crippen LogP contribution in [0.15, 0.2) is 48.6 Å². The van der Waals surface area contributed by atoms with Crippen LogP contribution < -0.4 is 0 Å². The highest BCUT2D eigenvalue weighted by Crippen LogP contribution is 2.45. The van der Waals surface area contributed by atoms with Crippen LogP contribution in [0.5, 0.6) is 0 Å². The number of carboxylic acid groups (broad SMARTS) is 2. The number of carboxylic acids is 2. The van der Waals surface area contributed by atoms with E-state index in [-0.39, 0.29) is 17.3 Å². The van der Waals surface area contributed by atoms with Gasteiger partial charge in [-0.05, 0) is 17.6 Å². The van der Waals surface area contributed by atoms with Crippen molar-refractivity contribution in [3.63, 3.8) is 0 Å². The van der Waals surface area contributed by atoms with Gasteiger partial charge in [0.05, 0.1) is 0 Å². The molecule has 2 N–H and O–H groups in total. The quantitative estimate of drug-likeness (QED) is 0.822. The van der Waals surface area contributed by atoms with Crippen LogP contribution in [0.4, 0.5) is 0 Å². The van der Waals surface area contributed by atoms with E-state index in [2.05, 4.69) is 0 Å². The summed E-state index contributed by atoms with van der Waals surface area (Å²) in [5, 5.41) is 19.4. The Morgan fingerprint density at radius 3 is 2.38 bits per heavy atom. The molecule has 0 spiro atoms. The van der Waals surface area contributed by atoms with Crippen molar-refractivity contribution in [2.24, 2.45) is 11.3 Å². The zero-order valence-electron chi connectivity index (χ0n) is 13.1. The minimum absolute atomic E-state index is 0.0597. The minimum atomic E-state index is -1.58. The molecule has 0 aliphatic heterocycles. The van der Waals surface area contributed by atoms with Gasteiger partial charge in [0.1, 0.15) is 11.3 Å². The summed E-state index contributed by atoms with van der Waals surface area (Å²) in [5.41, 5.74) is -0.436. The summed E-state index contributed by atoms with van der Waals surface area (Å²) in [4.78, 5) is 35.1. The summed E-state index contributed by atoms with van der Waals surface area (Å²) in [5.74, 6) is -3.35.